The molecule has 0 fully saturated rings. The summed E-state index contributed by atoms with van der Waals surface area (Å²) in [6.07, 6.45) is 0.460. The average Bonchev–Trinajstić information content (AvgIpc) is 2.84. The first-order valence-corrected chi connectivity index (χ1v) is 7.60. The molecule has 0 saturated carbocycles. The molecule has 110 valence electrons. The monoisotopic (exact) mass is 293 g/mol. The third-order valence-corrected chi connectivity index (χ3v) is 4.30. The summed E-state index contributed by atoms with van der Waals surface area (Å²) in [6.45, 7) is 8.50. The van der Waals surface area contributed by atoms with Crippen molar-refractivity contribution in [3.8, 4) is 11.8 Å². The van der Waals surface area contributed by atoms with E-state index in [-0.39, 0.29) is 24.0 Å². The molecule has 0 aromatic carbocycles. The van der Waals surface area contributed by atoms with Crippen molar-refractivity contribution in [1.29, 1.82) is 0 Å². The first-order valence-electron chi connectivity index (χ1n) is 6.72. The Balaban J connectivity index is 2.81. The molecular weight excluding hydrogens is 270 g/mol. The van der Waals surface area contributed by atoms with Crippen LogP contribution >= 0.6 is 11.3 Å². The molecule has 1 aromatic rings. The van der Waals surface area contributed by atoms with E-state index in [0.717, 1.165) is 4.88 Å². The van der Waals surface area contributed by atoms with E-state index in [2.05, 4.69) is 39.5 Å². The van der Waals surface area contributed by atoms with Gasteiger partial charge in [0.15, 0.2) is 0 Å². The van der Waals surface area contributed by atoms with Gasteiger partial charge in [-0.15, -0.1) is 11.3 Å². The Hall–Kier alpha value is -1.31. The van der Waals surface area contributed by atoms with Crippen LogP contribution in [0.2, 0.25) is 0 Å². The van der Waals surface area contributed by atoms with Crippen LogP contribution in [0.25, 0.3) is 0 Å². The number of amides is 1. The fraction of sp³-hybridized carbons (Fsp3) is 0.562. The van der Waals surface area contributed by atoms with Crippen molar-refractivity contribution in [2.45, 2.75) is 40.2 Å². The summed E-state index contributed by atoms with van der Waals surface area (Å²) in [6, 6.07) is 1.97. The second-order valence-corrected chi connectivity index (χ2v) is 6.84. The molecule has 20 heavy (non-hydrogen) atoms. The van der Waals surface area contributed by atoms with Crippen molar-refractivity contribution >= 4 is 17.2 Å². The van der Waals surface area contributed by atoms with Crippen molar-refractivity contribution in [2.24, 2.45) is 5.41 Å². The molecule has 0 aliphatic heterocycles. The van der Waals surface area contributed by atoms with Gasteiger partial charge < -0.3 is 10.0 Å². The molecule has 1 rings (SSSR count). The van der Waals surface area contributed by atoms with Gasteiger partial charge in [0.1, 0.15) is 0 Å². The smallest absolute Gasteiger partial charge is 0.254 e. The predicted octanol–water partition coefficient (Wildman–Crippen LogP) is 2.99. The molecule has 0 aliphatic rings. The molecule has 1 atom stereocenters. The molecule has 1 unspecified atom stereocenters. The molecule has 1 aromatic heterocycles. The average molecular weight is 293 g/mol. The van der Waals surface area contributed by atoms with Crippen molar-refractivity contribution in [3.63, 3.8) is 0 Å². The number of rotatable bonds is 3. The zero-order valence-corrected chi connectivity index (χ0v) is 13.7. The van der Waals surface area contributed by atoms with Crippen LogP contribution in [0, 0.1) is 17.3 Å². The van der Waals surface area contributed by atoms with E-state index in [1.807, 2.05) is 18.5 Å². The van der Waals surface area contributed by atoms with Gasteiger partial charge in [-0.05, 0) is 18.4 Å². The van der Waals surface area contributed by atoms with Crippen LogP contribution in [0.4, 0.5) is 0 Å². The number of aliphatic hydroxyl groups excluding tert-OH is 1. The second kappa shape index (κ2) is 6.92. The Labute approximate surface area is 125 Å². The van der Waals surface area contributed by atoms with Crippen molar-refractivity contribution < 1.29 is 9.90 Å². The van der Waals surface area contributed by atoms with Gasteiger partial charge in [0.25, 0.3) is 5.91 Å². The molecule has 0 saturated heterocycles. The van der Waals surface area contributed by atoms with Crippen LogP contribution in [-0.4, -0.2) is 35.6 Å². The van der Waals surface area contributed by atoms with E-state index in [0.29, 0.717) is 12.0 Å². The molecule has 3 nitrogen and oxygen atoms in total. The normalized spacial score (nSPS) is 12.5. The van der Waals surface area contributed by atoms with Crippen LogP contribution in [0.3, 0.4) is 0 Å². The Morgan fingerprint density at radius 2 is 2.15 bits per heavy atom. The first-order chi connectivity index (χ1) is 9.27. The highest BCUT2D eigenvalue weighted by Crippen LogP contribution is 2.25. The number of carbonyl (C=O) groups excluding carboxylic acids is 1. The van der Waals surface area contributed by atoms with Gasteiger partial charge in [0, 0.05) is 24.9 Å². The van der Waals surface area contributed by atoms with Gasteiger partial charge in [0.05, 0.1) is 17.0 Å². The molecule has 0 bridgehead atoms. The largest absolute Gasteiger partial charge is 0.395 e. The topological polar surface area (TPSA) is 40.5 Å². The summed E-state index contributed by atoms with van der Waals surface area (Å²) in [5.74, 6) is 5.85. The summed E-state index contributed by atoms with van der Waals surface area (Å²) in [5, 5.41) is 10.5. The van der Waals surface area contributed by atoms with Gasteiger partial charge in [0.2, 0.25) is 0 Å². The number of hydrogen-bond donors (Lipinski definition) is 1. The van der Waals surface area contributed by atoms with Gasteiger partial charge in [-0.3, -0.25) is 4.79 Å². The number of nitrogens with zero attached hydrogens (tertiary/aromatic N) is 1. The molecule has 4 heteroatoms. The van der Waals surface area contributed by atoms with Crippen LogP contribution in [0.5, 0.6) is 0 Å². The second-order valence-electron chi connectivity index (χ2n) is 5.93. The summed E-state index contributed by atoms with van der Waals surface area (Å²) >= 11 is 1.46. The lowest BCUT2D eigenvalue weighted by molar-refractivity contribution is 0.0630. The number of hydrogen-bond acceptors (Lipinski definition) is 3. The molecule has 0 radical (unpaired) electrons. The fourth-order valence-electron chi connectivity index (χ4n) is 1.68. The van der Waals surface area contributed by atoms with E-state index >= 15 is 0 Å². The van der Waals surface area contributed by atoms with Crippen LogP contribution in [0.1, 0.15) is 49.4 Å². The molecule has 0 aliphatic carbocycles. The third kappa shape index (κ3) is 4.36. The highest BCUT2D eigenvalue weighted by atomic mass is 32.1. The molecule has 0 spiro atoms. The zero-order chi connectivity index (χ0) is 15.3. The number of carbonyl (C=O) groups is 1. The highest BCUT2D eigenvalue weighted by molar-refractivity contribution is 7.10. The highest BCUT2D eigenvalue weighted by Gasteiger charge is 2.27. The van der Waals surface area contributed by atoms with Crippen molar-refractivity contribution in [2.75, 3.05) is 13.7 Å². The van der Waals surface area contributed by atoms with Gasteiger partial charge in [-0.2, -0.15) is 0 Å². The minimum Gasteiger partial charge on any atom is -0.395 e. The summed E-state index contributed by atoms with van der Waals surface area (Å²) in [7, 11) is 1.84. The SMILES string of the molecule is CC(N(C)C(=O)c1csc(C#CCCO)c1)C(C)(C)C. The summed E-state index contributed by atoms with van der Waals surface area (Å²) in [4.78, 5) is 15.1. The lowest BCUT2D eigenvalue weighted by Crippen LogP contribution is -2.42. The third-order valence-electron chi connectivity index (χ3n) is 3.45. The van der Waals surface area contributed by atoms with Crippen LogP contribution < -0.4 is 0 Å². The summed E-state index contributed by atoms with van der Waals surface area (Å²) in [5.41, 5.74) is 0.728. The maximum absolute atomic E-state index is 12.4. The summed E-state index contributed by atoms with van der Waals surface area (Å²) < 4.78 is 0. The minimum absolute atomic E-state index is 0.0267. The van der Waals surface area contributed by atoms with E-state index < -0.39 is 0 Å². The molecular formula is C16H23NO2S. The molecule has 1 amide bonds. The first kappa shape index (κ1) is 16.7. The lowest BCUT2D eigenvalue weighted by Gasteiger charge is -2.35. The Morgan fingerprint density at radius 1 is 1.50 bits per heavy atom. The van der Waals surface area contributed by atoms with Crippen molar-refractivity contribution in [3.05, 3.63) is 21.9 Å². The van der Waals surface area contributed by atoms with E-state index in [9.17, 15) is 4.79 Å². The number of aliphatic hydroxyl groups is 1. The Kier molecular flexibility index (Phi) is 5.79. The molecule has 1 heterocycles. The fourth-order valence-corrected chi connectivity index (χ4v) is 2.43. The van der Waals surface area contributed by atoms with Gasteiger partial charge in [-0.1, -0.05) is 32.6 Å². The predicted molar refractivity (Wildman–Crippen MR) is 83.9 cm³/mol. The number of thiophene rings is 1. The Bertz CT molecular complexity index is 517. The maximum atomic E-state index is 12.4. The molecule has 1 N–H and O–H groups in total. The lowest BCUT2D eigenvalue weighted by atomic mass is 9.87. The quantitative estimate of drug-likeness (QED) is 0.870. The minimum atomic E-state index is 0.0267. The van der Waals surface area contributed by atoms with E-state index in [4.69, 9.17) is 5.11 Å². The van der Waals surface area contributed by atoms with Crippen molar-refractivity contribution in [1.82, 2.24) is 4.90 Å². The van der Waals surface area contributed by atoms with Gasteiger partial charge >= 0.3 is 0 Å². The zero-order valence-electron chi connectivity index (χ0n) is 12.9. The Morgan fingerprint density at radius 3 is 2.70 bits per heavy atom. The van der Waals surface area contributed by atoms with Gasteiger partial charge in [-0.25, -0.2) is 0 Å². The van der Waals surface area contributed by atoms with E-state index in [1.165, 1.54) is 11.3 Å². The van der Waals surface area contributed by atoms with Crippen LogP contribution in [0.15, 0.2) is 11.4 Å². The van der Waals surface area contributed by atoms with E-state index in [1.54, 1.807) is 4.90 Å². The maximum Gasteiger partial charge on any atom is 0.254 e. The van der Waals surface area contributed by atoms with Crippen LogP contribution in [-0.2, 0) is 0 Å². The standard InChI is InChI=1S/C16H23NO2S/c1-12(16(2,3)4)17(5)15(19)13-10-14(20-11-13)8-6-7-9-18/h10-12,18H,7,9H2,1-5H3.